The quantitative estimate of drug-likeness (QED) is 0.564. The largest absolute Gasteiger partial charge is 0.398 e. The first-order chi connectivity index (χ1) is 12.4. The summed E-state index contributed by atoms with van der Waals surface area (Å²) >= 11 is 0.841. The minimum Gasteiger partial charge on any atom is -0.398 e. The molecule has 7 nitrogen and oxygen atoms in total. The molecule has 132 valence electrons. The van der Waals surface area contributed by atoms with Crippen molar-refractivity contribution in [2.45, 2.75) is 13.3 Å². The maximum absolute atomic E-state index is 12.1. The van der Waals surface area contributed by atoms with E-state index in [2.05, 4.69) is 15.6 Å². The van der Waals surface area contributed by atoms with Crippen molar-refractivity contribution in [3.8, 4) is 0 Å². The number of nitrogens with two attached hydrogens (primary N) is 1. The molecule has 1 aromatic carbocycles. The van der Waals surface area contributed by atoms with Crippen LogP contribution in [0.3, 0.4) is 0 Å². The summed E-state index contributed by atoms with van der Waals surface area (Å²) in [6, 6.07) is 8.73. The summed E-state index contributed by atoms with van der Waals surface area (Å²) in [7, 11) is 0. The van der Waals surface area contributed by atoms with E-state index in [1.54, 1.807) is 36.5 Å². The van der Waals surface area contributed by atoms with E-state index >= 15 is 0 Å². The van der Waals surface area contributed by atoms with Crippen molar-refractivity contribution in [3.63, 3.8) is 0 Å². The Balaban J connectivity index is 1.68. The van der Waals surface area contributed by atoms with Crippen molar-refractivity contribution in [3.05, 3.63) is 58.1 Å². The van der Waals surface area contributed by atoms with E-state index in [4.69, 9.17) is 5.73 Å². The van der Waals surface area contributed by atoms with Crippen molar-refractivity contribution in [2.75, 3.05) is 11.1 Å². The van der Waals surface area contributed by atoms with Gasteiger partial charge < -0.3 is 11.1 Å². The van der Waals surface area contributed by atoms with Gasteiger partial charge in [-0.05, 0) is 53.6 Å². The maximum atomic E-state index is 12.1. The molecule has 0 unspecified atom stereocenters. The Kier molecular flexibility index (Phi) is 5.04. The molecule has 1 fully saturated rings. The van der Waals surface area contributed by atoms with Gasteiger partial charge in [0.25, 0.3) is 11.1 Å². The van der Waals surface area contributed by atoms with Gasteiger partial charge in [-0.1, -0.05) is 18.2 Å². The Morgan fingerprint density at radius 1 is 1.31 bits per heavy atom. The van der Waals surface area contributed by atoms with Crippen LogP contribution in [0.2, 0.25) is 0 Å². The molecule has 1 aliphatic heterocycles. The number of imide groups is 1. The molecular formula is C18H16N4O3S. The molecule has 2 aromatic rings. The van der Waals surface area contributed by atoms with Crippen LogP contribution in [0.15, 0.2) is 41.4 Å². The molecule has 0 atom stereocenters. The zero-order valence-electron chi connectivity index (χ0n) is 13.9. The topological polar surface area (TPSA) is 114 Å². The molecule has 26 heavy (non-hydrogen) atoms. The number of thioether (sulfide) groups is 1. The van der Waals surface area contributed by atoms with E-state index in [-0.39, 0.29) is 12.3 Å². The van der Waals surface area contributed by atoms with Gasteiger partial charge >= 0.3 is 0 Å². The fourth-order valence-electron chi connectivity index (χ4n) is 2.34. The number of amides is 3. The molecule has 1 aliphatic rings. The minimum absolute atomic E-state index is 0.103. The molecule has 2 heterocycles. The van der Waals surface area contributed by atoms with Crippen LogP contribution in [0, 0.1) is 6.92 Å². The summed E-state index contributed by atoms with van der Waals surface area (Å²) in [6.07, 6.45) is 3.36. The van der Waals surface area contributed by atoms with Gasteiger partial charge in [0.15, 0.2) is 0 Å². The third-order valence-electron chi connectivity index (χ3n) is 3.64. The van der Waals surface area contributed by atoms with E-state index in [1.807, 2.05) is 13.0 Å². The van der Waals surface area contributed by atoms with Crippen LogP contribution in [0.25, 0.3) is 6.08 Å². The highest BCUT2D eigenvalue weighted by atomic mass is 32.2. The highest BCUT2D eigenvalue weighted by molar-refractivity contribution is 8.18. The Bertz CT molecular complexity index is 923. The number of nitrogen functional groups attached to an aromatic ring is 1. The molecule has 0 spiro atoms. The first-order valence-corrected chi connectivity index (χ1v) is 8.58. The zero-order chi connectivity index (χ0) is 18.7. The van der Waals surface area contributed by atoms with Crippen LogP contribution in [0.1, 0.15) is 16.7 Å². The predicted molar refractivity (Wildman–Crippen MR) is 101 cm³/mol. The van der Waals surface area contributed by atoms with Gasteiger partial charge in [-0.25, -0.2) is 4.98 Å². The molecule has 1 saturated heterocycles. The normalized spacial score (nSPS) is 15.2. The second-order valence-corrected chi connectivity index (χ2v) is 6.77. The number of rotatable bonds is 4. The third-order valence-corrected chi connectivity index (χ3v) is 4.45. The van der Waals surface area contributed by atoms with Gasteiger partial charge in [0.1, 0.15) is 5.82 Å². The van der Waals surface area contributed by atoms with E-state index in [9.17, 15) is 14.4 Å². The van der Waals surface area contributed by atoms with Crippen molar-refractivity contribution < 1.29 is 14.4 Å². The number of hydrogen-bond acceptors (Lipinski definition) is 6. The standard InChI is InChI=1S/C18H16N4O3S/c1-10-2-5-15(20-9-10)21-16(23)8-12-4-3-11(6-13(12)19)7-14-17(24)22-18(25)26-14/h2-7,9H,8,19H2,1H3,(H,20,21,23)(H,22,24,25)/b14-7-. The third kappa shape index (κ3) is 4.28. The second kappa shape index (κ2) is 7.40. The summed E-state index contributed by atoms with van der Waals surface area (Å²) in [5.74, 6) is -0.169. The molecule has 3 amide bonds. The number of nitrogens with zero attached hydrogens (tertiary/aromatic N) is 1. The predicted octanol–water partition coefficient (Wildman–Crippen LogP) is 2.48. The fraction of sp³-hybridized carbons (Fsp3) is 0.111. The van der Waals surface area contributed by atoms with Gasteiger partial charge in [-0.2, -0.15) is 0 Å². The van der Waals surface area contributed by atoms with E-state index in [0.29, 0.717) is 27.5 Å². The van der Waals surface area contributed by atoms with Crippen molar-refractivity contribution >= 4 is 46.4 Å². The molecule has 3 rings (SSSR count). The lowest BCUT2D eigenvalue weighted by atomic mass is 10.1. The number of carbonyl (C=O) groups is 3. The summed E-state index contributed by atoms with van der Waals surface area (Å²) in [5.41, 5.74) is 8.80. The lowest BCUT2D eigenvalue weighted by Gasteiger charge is -2.08. The van der Waals surface area contributed by atoms with Crippen molar-refractivity contribution in [1.82, 2.24) is 10.3 Å². The van der Waals surface area contributed by atoms with Crippen LogP contribution in [0.4, 0.5) is 16.3 Å². The SMILES string of the molecule is Cc1ccc(NC(=O)Cc2ccc(/C=C3\SC(=O)NC3=O)cc2N)nc1. The molecular weight excluding hydrogens is 352 g/mol. The first kappa shape index (κ1) is 17.7. The molecule has 0 aliphatic carbocycles. The zero-order valence-corrected chi connectivity index (χ0v) is 14.7. The van der Waals surface area contributed by atoms with Crippen LogP contribution in [0.5, 0.6) is 0 Å². The molecule has 8 heteroatoms. The lowest BCUT2D eigenvalue weighted by molar-refractivity contribution is -0.116. The van der Waals surface area contributed by atoms with E-state index < -0.39 is 11.1 Å². The number of hydrogen-bond donors (Lipinski definition) is 3. The Labute approximate surface area is 154 Å². The molecule has 1 aromatic heterocycles. The minimum atomic E-state index is -0.423. The summed E-state index contributed by atoms with van der Waals surface area (Å²) in [6.45, 7) is 1.92. The Hall–Kier alpha value is -3.13. The smallest absolute Gasteiger partial charge is 0.290 e. The van der Waals surface area contributed by atoms with Crippen molar-refractivity contribution in [1.29, 1.82) is 0 Å². The number of nitrogens with one attached hydrogen (secondary N) is 2. The van der Waals surface area contributed by atoms with Gasteiger partial charge in [-0.3, -0.25) is 19.7 Å². The molecule has 0 bridgehead atoms. The van der Waals surface area contributed by atoms with Gasteiger partial charge in [0.05, 0.1) is 11.3 Å². The molecule has 0 saturated carbocycles. The fourth-order valence-corrected chi connectivity index (χ4v) is 3.02. The highest BCUT2D eigenvalue weighted by Gasteiger charge is 2.24. The maximum Gasteiger partial charge on any atom is 0.290 e. The number of carbonyl (C=O) groups excluding carboxylic acids is 3. The number of pyridine rings is 1. The number of benzene rings is 1. The Morgan fingerprint density at radius 2 is 2.12 bits per heavy atom. The number of aromatic nitrogens is 1. The van der Waals surface area contributed by atoms with Crippen LogP contribution >= 0.6 is 11.8 Å². The Morgan fingerprint density at radius 3 is 2.73 bits per heavy atom. The molecule has 0 radical (unpaired) electrons. The van der Waals surface area contributed by atoms with Crippen LogP contribution in [-0.4, -0.2) is 22.0 Å². The average Bonchev–Trinajstić information content (AvgIpc) is 2.89. The van der Waals surface area contributed by atoms with Gasteiger partial charge in [0.2, 0.25) is 5.91 Å². The summed E-state index contributed by atoms with van der Waals surface area (Å²) in [4.78, 5) is 39.3. The first-order valence-electron chi connectivity index (χ1n) is 7.76. The van der Waals surface area contributed by atoms with Crippen LogP contribution in [-0.2, 0) is 16.0 Å². The average molecular weight is 368 g/mol. The van der Waals surface area contributed by atoms with E-state index in [1.165, 1.54) is 0 Å². The second-order valence-electron chi connectivity index (χ2n) is 5.76. The van der Waals surface area contributed by atoms with Crippen molar-refractivity contribution in [2.24, 2.45) is 0 Å². The number of aryl methyl sites for hydroxylation is 1. The van der Waals surface area contributed by atoms with E-state index in [0.717, 1.165) is 17.3 Å². The highest BCUT2D eigenvalue weighted by Crippen LogP contribution is 2.26. The van der Waals surface area contributed by atoms with Gasteiger partial charge in [0, 0.05) is 11.9 Å². The van der Waals surface area contributed by atoms with Gasteiger partial charge in [-0.15, -0.1) is 0 Å². The molecule has 4 N–H and O–H groups in total. The summed E-state index contributed by atoms with van der Waals surface area (Å²) in [5, 5.41) is 4.51. The lowest BCUT2D eigenvalue weighted by Crippen LogP contribution is -2.17. The van der Waals surface area contributed by atoms with Crippen LogP contribution < -0.4 is 16.4 Å². The monoisotopic (exact) mass is 368 g/mol. The number of anilines is 2. The summed E-state index contributed by atoms with van der Waals surface area (Å²) < 4.78 is 0.